The summed E-state index contributed by atoms with van der Waals surface area (Å²) in [6.07, 6.45) is 0.247. The first-order valence-electron chi connectivity index (χ1n) is 9.17. The molecule has 0 aliphatic carbocycles. The minimum atomic E-state index is -1.45. The monoisotopic (exact) mass is 412 g/mol. The van der Waals surface area contributed by atoms with Crippen molar-refractivity contribution in [1.82, 2.24) is 10.3 Å². The van der Waals surface area contributed by atoms with Crippen molar-refractivity contribution in [3.63, 3.8) is 0 Å². The van der Waals surface area contributed by atoms with Gasteiger partial charge in [-0.25, -0.2) is 0 Å². The number of carbonyl (C=O) groups is 2. The summed E-state index contributed by atoms with van der Waals surface area (Å²) in [6.45, 7) is 0.314. The van der Waals surface area contributed by atoms with E-state index in [2.05, 4.69) is 10.3 Å². The second-order valence-corrected chi connectivity index (χ2v) is 7.51. The first-order valence-corrected chi connectivity index (χ1v) is 9.70. The lowest BCUT2D eigenvalue weighted by molar-refractivity contribution is -0.194. The van der Waals surface area contributed by atoms with Crippen molar-refractivity contribution < 1.29 is 24.5 Å². The molecule has 0 saturated carbocycles. The highest BCUT2D eigenvalue weighted by Gasteiger charge is 2.50. The van der Waals surface area contributed by atoms with E-state index < -0.39 is 17.6 Å². The van der Waals surface area contributed by atoms with E-state index in [0.717, 1.165) is 22.0 Å². The number of aliphatic carboxylic acids is 1. The Morgan fingerprint density at radius 3 is 2.86 bits per heavy atom. The van der Waals surface area contributed by atoms with E-state index in [4.69, 9.17) is 21.4 Å². The molecule has 0 fully saturated rings. The lowest BCUT2D eigenvalue weighted by Gasteiger charge is -2.40. The zero-order valence-electron chi connectivity index (χ0n) is 15.2. The number of nitrogens with one attached hydrogen (secondary N) is 2. The molecule has 2 aliphatic rings. The Kier molecular flexibility index (Phi) is 4.13. The van der Waals surface area contributed by atoms with Crippen molar-refractivity contribution in [2.75, 3.05) is 5.88 Å². The second-order valence-electron chi connectivity index (χ2n) is 7.24. The minimum Gasteiger partial charge on any atom is -0.480 e. The van der Waals surface area contributed by atoms with Gasteiger partial charge in [-0.05, 0) is 23.3 Å². The van der Waals surface area contributed by atoms with Gasteiger partial charge in [0.05, 0.1) is 11.6 Å². The summed E-state index contributed by atoms with van der Waals surface area (Å²) in [4.78, 5) is 38.9. The summed E-state index contributed by atoms with van der Waals surface area (Å²) in [5, 5.41) is 13.8. The van der Waals surface area contributed by atoms with Gasteiger partial charge in [0.15, 0.2) is 11.5 Å². The Bertz CT molecular complexity index is 1160. The van der Waals surface area contributed by atoms with Gasteiger partial charge in [0.1, 0.15) is 18.2 Å². The molecule has 5 rings (SSSR count). The molecule has 0 radical (unpaired) electrons. The number of alkyl halides is 1. The summed E-state index contributed by atoms with van der Waals surface area (Å²) < 4.78 is 0. The van der Waals surface area contributed by atoms with Crippen LogP contribution in [0, 0.1) is 0 Å². The average Bonchev–Trinajstić information content (AvgIpc) is 3.36. The third-order valence-corrected chi connectivity index (χ3v) is 5.93. The van der Waals surface area contributed by atoms with Crippen LogP contribution in [-0.4, -0.2) is 33.8 Å². The summed E-state index contributed by atoms with van der Waals surface area (Å²) in [6, 6.07) is 11.9. The number of fused-ring (bicyclic) bond motifs is 4. The lowest BCUT2D eigenvalue weighted by Crippen LogP contribution is -2.60. The largest absolute Gasteiger partial charge is 0.480 e. The van der Waals surface area contributed by atoms with Gasteiger partial charge < -0.3 is 15.0 Å². The Morgan fingerprint density at radius 1 is 1.24 bits per heavy atom. The number of hydrogen-bond acceptors (Lipinski definition) is 5. The number of carboxylic acid groups (broad SMARTS) is 1. The van der Waals surface area contributed by atoms with Crippen LogP contribution in [0.15, 0.2) is 42.5 Å². The predicted molar refractivity (Wildman–Crippen MR) is 105 cm³/mol. The maximum atomic E-state index is 13.3. The number of aromatic nitrogens is 1. The van der Waals surface area contributed by atoms with Crippen LogP contribution in [0.5, 0.6) is 5.75 Å². The van der Waals surface area contributed by atoms with E-state index in [1.165, 1.54) is 0 Å². The molecule has 8 heteroatoms. The van der Waals surface area contributed by atoms with Crippen LogP contribution in [0.25, 0.3) is 10.9 Å². The van der Waals surface area contributed by atoms with E-state index in [1.54, 1.807) is 12.1 Å². The average molecular weight is 413 g/mol. The molecule has 0 bridgehead atoms. The molecule has 1 aromatic heterocycles. The molecule has 3 N–H and O–H groups in total. The van der Waals surface area contributed by atoms with Gasteiger partial charge in [0.2, 0.25) is 0 Å². The summed E-state index contributed by atoms with van der Waals surface area (Å²) in [5.41, 5.74) is 2.19. The minimum absolute atomic E-state index is 0.247. The molecule has 2 atom stereocenters. The first-order chi connectivity index (χ1) is 14.0. The molecule has 2 unspecified atom stereocenters. The van der Waals surface area contributed by atoms with Crippen molar-refractivity contribution >= 4 is 34.3 Å². The summed E-state index contributed by atoms with van der Waals surface area (Å²) in [7, 11) is 0. The van der Waals surface area contributed by atoms with Gasteiger partial charge in [0, 0.05) is 22.9 Å². The molecule has 29 heavy (non-hydrogen) atoms. The third-order valence-electron chi connectivity index (χ3n) is 5.69. The number of Topliss-reactive ketones (excluding diaryl/α,β-unsaturated/α-hetero) is 1. The number of H-pyrrole nitrogens is 1. The van der Waals surface area contributed by atoms with Crippen LogP contribution < -0.4 is 10.2 Å². The van der Waals surface area contributed by atoms with Crippen molar-refractivity contribution in [2.24, 2.45) is 0 Å². The van der Waals surface area contributed by atoms with E-state index in [-0.39, 0.29) is 18.1 Å². The summed E-state index contributed by atoms with van der Waals surface area (Å²) >= 11 is 6.03. The Balaban J connectivity index is 1.82. The van der Waals surface area contributed by atoms with Gasteiger partial charge >= 0.3 is 5.97 Å². The van der Waals surface area contributed by atoms with Crippen molar-refractivity contribution in [1.29, 1.82) is 0 Å². The molecule has 3 heterocycles. The molecule has 7 nitrogen and oxygen atoms in total. The van der Waals surface area contributed by atoms with Gasteiger partial charge in [0.25, 0.3) is 0 Å². The highest BCUT2D eigenvalue weighted by Crippen LogP contribution is 2.42. The third kappa shape index (κ3) is 2.58. The number of carbonyl (C=O) groups excluding carboxylic acids is 1. The molecular weight excluding hydrogens is 396 g/mol. The van der Waals surface area contributed by atoms with Crippen LogP contribution in [0.3, 0.4) is 0 Å². The second kappa shape index (κ2) is 6.59. The van der Waals surface area contributed by atoms with Gasteiger partial charge in [-0.3, -0.25) is 14.9 Å². The van der Waals surface area contributed by atoms with Crippen LogP contribution in [0.2, 0.25) is 0 Å². The highest BCUT2D eigenvalue weighted by molar-refractivity contribution is 6.29. The van der Waals surface area contributed by atoms with Crippen LogP contribution >= 0.6 is 11.6 Å². The predicted octanol–water partition coefficient (Wildman–Crippen LogP) is 2.64. The fourth-order valence-corrected chi connectivity index (χ4v) is 4.52. The van der Waals surface area contributed by atoms with Crippen molar-refractivity contribution in [3.8, 4) is 5.75 Å². The molecule has 148 valence electrons. The number of hydrogen-bond donors (Lipinski definition) is 3. The van der Waals surface area contributed by atoms with Crippen molar-refractivity contribution in [2.45, 2.75) is 24.6 Å². The molecular formula is C21H17ClN2O5. The quantitative estimate of drug-likeness (QED) is 0.450. The molecule has 3 aromatic rings. The SMILES string of the molecule is O=C(O)C1Cc2c([nH]c3ccccc23)C(C(=O)CCl)(c2ccc3c(c2)OOC3)N1. The zero-order chi connectivity index (χ0) is 20.2. The molecule has 0 saturated heterocycles. The molecule has 2 aromatic carbocycles. The van der Waals surface area contributed by atoms with E-state index in [0.29, 0.717) is 23.6 Å². The van der Waals surface area contributed by atoms with Crippen LogP contribution in [0.1, 0.15) is 22.4 Å². The Hall–Kier alpha value is -2.87. The molecule has 0 amide bonds. The number of para-hydroxylation sites is 1. The Morgan fingerprint density at radius 2 is 2.07 bits per heavy atom. The van der Waals surface area contributed by atoms with E-state index in [1.807, 2.05) is 30.3 Å². The van der Waals surface area contributed by atoms with Gasteiger partial charge in [-0.1, -0.05) is 30.3 Å². The number of benzene rings is 2. The van der Waals surface area contributed by atoms with Crippen LogP contribution in [-0.2, 0) is 33.0 Å². The van der Waals surface area contributed by atoms with Gasteiger partial charge in [-0.2, -0.15) is 4.89 Å². The number of carboxylic acids is 1. The fraction of sp³-hybridized carbons (Fsp3) is 0.238. The number of ketones is 1. The smallest absolute Gasteiger partial charge is 0.321 e. The van der Waals surface area contributed by atoms with E-state index >= 15 is 0 Å². The standard InChI is InChI=1S/C21H17ClN2O5/c22-9-18(25)21(12-6-5-11-10-28-29-17(11)7-12)19-14(8-16(24-21)20(26)27)13-3-1-2-4-15(13)23-19/h1-7,16,23-24H,8-10H2,(H,26,27). The number of rotatable bonds is 4. The van der Waals surface area contributed by atoms with Gasteiger partial charge in [-0.15, -0.1) is 11.6 Å². The maximum absolute atomic E-state index is 13.3. The fourth-order valence-electron chi connectivity index (χ4n) is 4.32. The number of aromatic amines is 1. The topological polar surface area (TPSA) is 101 Å². The maximum Gasteiger partial charge on any atom is 0.321 e. The molecule has 2 aliphatic heterocycles. The Labute approximate surface area is 170 Å². The highest BCUT2D eigenvalue weighted by atomic mass is 35.5. The normalized spacial score (nSPS) is 22.7. The summed E-state index contributed by atoms with van der Waals surface area (Å²) in [5.74, 6) is -1.17. The number of halogens is 1. The lowest BCUT2D eigenvalue weighted by atomic mass is 9.76. The van der Waals surface area contributed by atoms with Crippen LogP contribution in [0.4, 0.5) is 0 Å². The molecule has 0 spiro atoms. The first kappa shape index (κ1) is 18.2. The van der Waals surface area contributed by atoms with Crippen molar-refractivity contribution in [3.05, 3.63) is 64.8 Å². The zero-order valence-corrected chi connectivity index (χ0v) is 16.0. The van der Waals surface area contributed by atoms with E-state index in [9.17, 15) is 14.7 Å².